The summed E-state index contributed by atoms with van der Waals surface area (Å²) in [4.78, 5) is 13.5. The number of carbonyl (C=O) groups excluding carboxylic acids is 1. The smallest absolute Gasteiger partial charge is 0.276 e. The molecule has 1 aromatic heterocycles. The number of rotatable bonds is 4. The van der Waals surface area contributed by atoms with Crippen LogP contribution in [0.3, 0.4) is 0 Å². The van der Waals surface area contributed by atoms with Crippen LogP contribution >= 0.6 is 23.2 Å². The molecule has 0 aliphatic carbocycles. The lowest BCUT2D eigenvalue weighted by molar-refractivity contribution is 0.0822. The second kappa shape index (κ2) is 6.62. The SMILES string of the molecule is Cc1c(NS(=O)(=O)c2ccc(Cl)c(Cl)c2)c(C(=O)N(C)C)nn1C. The monoisotopic (exact) mass is 390 g/mol. The molecule has 7 nitrogen and oxygen atoms in total. The summed E-state index contributed by atoms with van der Waals surface area (Å²) < 4.78 is 29.0. The number of nitrogens with zero attached hydrogens (tertiary/aromatic N) is 3. The van der Waals surface area contributed by atoms with Gasteiger partial charge in [-0.25, -0.2) is 8.42 Å². The van der Waals surface area contributed by atoms with Crippen LogP contribution in [0.1, 0.15) is 16.2 Å². The number of amides is 1. The zero-order valence-corrected chi connectivity index (χ0v) is 15.8. The minimum atomic E-state index is -3.96. The lowest BCUT2D eigenvalue weighted by atomic mass is 10.3. The van der Waals surface area contributed by atoms with E-state index in [1.165, 1.54) is 27.8 Å². The summed E-state index contributed by atoms with van der Waals surface area (Å²) in [5.41, 5.74) is 0.648. The number of hydrogen-bond acceptors (Lipinski definition) is 4. The number of sulfonamides is 1. The molecule has 0 fully saturated rings. The van der Waals surface area contributed by atoms with Gasteiger partial charge < -0.3 is 4.90 Å². The van der Waals surface area contributed by atoms with E-state index in [9.17, 15) is 13.2 Å². The van der Waals surface area contributed by atoms with Crippen LogP contribution in [-0.4, -0.2) is 43.1 Å². The van der Waals surface area contributed by atoms with Crippen molar-refractivity contribution in [3.05, 3.63) is 39.6 Å². The van der Waals surface area contributed by atoms with Crippen LogP contribution in [0.2, 0.25) is 10.0 Å². The van der Waals surface area contributed by atoms with E-state index in [0.29, 0.717) is 5.69 Å². The number of anilines is 1. The van der Waals surface area contributed by atoms with Crippen LogP contribution in [0, 0.1) is 6.92 Å². The zero-order valence-electron chi connectivity index (χ0n) is 13.5. The van der Waals surface area contributed by atoms with Crippen molar-refractivity contribution in [1.82, 2.24) is 14.7 Å². The van der Waals surface area contributed by atoms with Crippen LogP contribution in [0.5, 0.6) is 0 Å². The summed E-state index contributed by atoms with van der Waals surface area (Å²) in [6, 6.07) is 3.96. The Labute approximate surface area is 150 Å². The van der Waals surface area contributed by atoms with E-state index in [-0.39, 0.29) is 26.3 Å². The topological polar surface area (TPSA) is 84.3 Å². The third-order valence-electron chi connectivity index (χ3n) is 3.38. The fourth-order valence-corrected chi connectivity index (χ4v) is 3.44. The van der Waals surface area contributed by atoms with Crippen LogP contribution in [0.15, 0.2) is 23.1 Å². The van der Waals surface area contributed by atoms with E-state index in [2.05, 4.69) is 9.82 Å². The van der Waals surface area contributed by atoms with Gasteiger partial charge in [0.05, 0.1) is 20.6 Å². The van der Waals surface area contributed by atoms with Gasteiger partial charge in [0.15, 0.2) is 5.69 Å². The van der Waals surface area contributed by atoms with Gasteiger partial charge in [-0.3, -0.25) is 14.2 Å². The second-order valence-corrected chi connectivity index (χ2v) is 7.81. The number of nitrogens with one attached hydrogen (secondary N) is 1. The largest absolute Gasteiger partial charge is 0.343 e. The van der Waals surface area contributed by atoms with E-state index in [1.807, 2.05) is 0 Å². The van der Waals surface area contributed by atoms with Gasteiger partial charge in [-0.05, 0) is 25.1 Å². The van der Waals surface area contributed by atoms with Crippen LogP contribution in [0.4, 0.5) is 5.69 Å². The normalized spacial score (nSPS) is 11.4. The van der Waals surface area contributed by atoms with E-state index < -0.39 is 15.9 Å². The average molecular weight is 391 g/mol. The first-order chi connectivity index (χ1) is 11.0. The third kappa shape index (κ3) is 3.50. The molecular weight excluding hydrogens is 375 g/mol. The Morgan fingerprint density at radius 1 is 1.25 bits per heavy atom. The summed E-state index contributed by atoms with van der Waals surface area (Å²) >= 11 is 11.7. The van der Waals surface area contributed by atoms with Gasteiger partial charge in [-0.1, -0.05) is 23.2 Å². The van der Waals surface area contributed by atoms with Gasteiger partial charge in [0.25, 0.3) is 15.9 Å². The van der Waals surface area contributed by atoms with Gasteiger partial charge in [-0.2, -0.15) is 5.10 Å². The van der Waals surface area contributed by atoms with Crippen molar-refractivity contribution < 1.29 is 13.2 Å². The van der Waals surface area contributed by atoms with Crippen molar-refractivity contribution >= 4 is 44.8 Å². The van der Waals surface area contributed by atoms with Crippen LogP contribution < -0.4 is 4.72 Å². The second-order valence-electron chi connectivity index (χ2n) is 5.31. The molecule has 0 spiro atoms. The van der Waals surface area contributed by atoms with Gasteiger partial charge >= 0.3 is 0 Å². The molecule has 0 radical (unpaired) electrons. The Morgan fingerprint density at radius 3 is 2.42 bits per heavy atom. The molecule has 1 amide bonds. The molecule has 0 saturated carbocycles. The summed E-state index contributed by atoms with van der Waals surface area (Å²) in [6.45, 7) is 1.66. The molecule has 0 bridgehead atoms. The molecule has 0 unspecified atom stereocenters. The first-order valence-corrected chi connectivity index (χ1v) is 9.01. The predicted octanol–water partition coefficient (Wildman–Crippen LogP) is 2.54. The molecule has 0 atom stereocenters. The van der Waals surface area contributed by atoms with Gasteiger partial charge in [0.2, 0.25) is 0 Å². The Bertz CT molecular complexity index is 907. The maximum absolute atomic E-state index is 12.6. The number of hydrogen-bond donors (Lipinski definition) is 1. The lowest BCUT2D eigenvalue weighted by Crippen LogP contribution is -2.24. The summed E-state index contributed by atoms with van der Waals surface area (Å²) in [5.74, 6) is -0.412. The summed E-state index contributed by atoms with van der Waals surface area (Å²) in [7, 11) is 0.781. The Balaban J connectivity index is 2.50. The third-order valence-corrected chi connectivity index (χ3v) is 5.47. The van der Waals surface area contributed by atoms with E-state index in [4.69, 9.17) is 23.2 Å². The molecule has 2 rings (SSSR count). The maximum atomic E-state index is 12.6. The number of aryl methyl sites for hydroxylation is 1. The fourth-order valence-electron chi connectivity index (χ4n) is 1.93. The molecule has 1 heterocycles. The number of halogens is 2. The minimum Gasteiger partial charge on any atom is -0.343 e. The first kappa shape index (κ1) is 18.6. The highest BCUT2D eigenvalue weighted by Crippen LogP contribution is 2.28. The highest BCUT2D eigenvalue weighted by atomic mass is 35.5. The van der Waals surface area contributed by atoms with E-state index in [0.717, 1.165) is 0 Å². The predicted molar refractivity (Wildman–Crippen MR) is 93.2 cm³/mol. The molecule has 130 valence electrons. The number of benzene rings is 1. The highest BCUT2D eigenvalue weighted by molar-refractivity contribution is 7.92. The van der Waals surface area contributed by atoms with Crippen molar-refractivity contribution in [3.8, 4) is 0 Å². The molecule has 1 aromatic carbocycles. The standard InChI is InChI=1S/C14H16Cl2N4O3S/c1-8-12(13(17-20(8)4)14(21)19(2)3)18-24(22,23)9-5-6-10(15)11(16)7-9/h5-7,18H,1-4H3. The molecule has 0 saturated heterocycles. The van der Waals surface area contributed by atoms with E-state index in [1.54, 1.807) is 28.1 Å². The molecule has 0 aliphatic heterocycles. The Hall–Kier alpha value is -1.77. The number of aromatic nitrogens is 2. The maximum Gasteiger partial charge on any atom is 0.276 e. The molecule has 0 aliphatic rings. The minimum absolute atomic E-state index is 0.0173. The highest BCUT2D eigenvalue weighted by Gasteiger charge is 2.26. The van der Waals surface area contributed by atoms with Crippen molar-refractivity contribution in [2.75, 3.05) is 18.8 Å². The van der Waals surface area contributed by atoms with Crippen molar-refractivity contribution in [2.45, 2.75) is 11.8 Å². The molecule has 2 aromatic rings. The first-order valence-electron chi connectivity index (χ1n) is 6.77. The Morgan fingerprint density at radius 2 is 1.88 bits per heavy atom. The summed E-state index contributed by atoms with van der Waals surface area (Å²) in [5, 5.41) is 4.46. The summed E-state index contributed by atoms with van der Waals surface area (Å²) in [6.07, 6.45) is 0. The van der Waals surface area contributed by atoms with Gasteiger partial charge in [-0.15, -0.1) is 0 Å². The van der Waals surface area contributed by atoms with Crippen molar-refractivity contribution in [3.63, 3.8) is 0 Å². The van der Waals surface area contributed by atoms with E-state index >= 15 is 0 Å². The fraction of sp³-hybridized carbons (Fsp3) is 0.286. The molecule has 10 heteroatoms. The van der Waals surface area contributed by atoms with Crippen molar-refractivity contribution in [1.29, 1.82) is 0 Å². The zero-order chi connectivity index (χ0) is 18.2. The number of carbonyl (C=O) groups is 1. The van der Waals surface area contributed by atoms with Crippen molar-refractivity contribution in [2.24, 2.45) is 7.05 Å². The Kier molecular flexibility index (Phi) is 5.12. The van der Waals surface area contributed by atoms with Crippen LogP contribution in [0.25, 0.3) is 0 Å². The molecular formula is C14H16Cl2N4O3S. The lowest BCUT2D eigenvalue weighted by Gasteiger charge is -2.12. The molecule has 1 N–H and O–H groups in total. The van der Waals surface area contributed by atoms with Crippen LogP contribution in [-0.2, 0) is 17.1 Å². The molecule has 24 heavy (non-hydrogen) atoms. The quantitative estimate of drug-likeness (QED) is 0.868. The van der Waals surface area contributed by atoms with Gasteiger partial charge in [0.1, 0.15) is 5.69 Å². The average Bonchev–Trinajstić information content (AvgIpc) is 2.76. The van der Waals surface area contributed by atoms with Gasteiger partial charge in [0, 0.05) is 21.1 Å².